The number of fused-ring (bicyclic) bond motifs is 1. The minimum Gasteiger partial charge on any atom is -0.493 e. The SMILES string of the molecule is C[B]N(c1ccncn1)S(=O)(=O)c1cc2c(cc1F)[C@@H](N1CC[C@@H](OC(F)F)C[C@H]1c1ccc(F)cc1)CCO2. The molecule has 3 aromatic rings. The quantitative estimate of drug-likeness (QED) is 0.279. The van der Waals surface area contributed by atoms with Gasteiger partial charge in [-0.15, -0.1) is 0 Å². The predicted octanol–water partition coefficient (Wildman–Crippen LogP) is 4.89. The number of halogens is 4. The number of anilines is 1. The van der Waals surface area contributed by atoms with E-state index in [1.165, 1.54) is 51.0 Å². The maximum atomic E-state index is 15.6. The van der Waals surface area contributed by atoms with Crippen molar-refractivity contribution < 1.29 is 35.5 Å². The third kappa shape index (κ3) is 5.65. The Morgan fingerprint density at radius 2 is 1.90 bits per heavy atom. The van der Waals surface area contributed by atoms with Crippen molar-refractivity contribution in [2.24, 2.45) is 0 Å². The molecule has 3 atom stereocenters. The van der Waals surface area contributed by atoms with Crippen LogP contribution in [0.3, 0.4) is 0 Å². The fraction of sp³-hybridized carbons (Fsp3) is 0.385. The highest BCUT2D eigenvalue weighted by Gasteiger charge is 2.39. The van der Waals surface area contributed by atoms with Crippen LogP contribution < -0.4 is 8.95 Å². The van der Waals surface area contributed by atoms with Crippen LogP contribution in [0, 0.1) is 11.6 Å². The van der Waals surface area contributed by atoms with Gasteiger partial charge in [0.2, 0.25) is 0 Å². The highest BCUT2D eigenvalue weighted by atomic mass is 32.2. The molecular formula is C26H26BF4N4O4S. The highest BCUT2D eigenvalue weighted by molar-refractivity contribution is 7.94. The first-order valence-corrected chi connectivity index (χ1v) is 14.1. The van der Waals surface area contributed by atoms with E-state index in [2.05, 4.69) is 9.97 Å². The van der Waals surface area contributed by atoms with Gasteiger partial charge in [-0.2, -0.15) is 8.78 Å². The van der Waals surface area contributed by atoms with Gasteiger partial charge in [-0.25, -0.2) is 27.2 Å². The predicted molar refractivity (Wildman–Crippen MR) is 139 cm³/mol. The van der Waals surface area contributed by atoms with E-state index in [1.807, 2.05) is 4.90 Å². The van der Waals surface area contributed by atoms with Crippen LogP contribution in [0.2, 0.25) is 6.82 Å². The number of ether oxygens (including phenoxy) is 2. The van der Waals surface area contributed by atoms with Crippen molar-refractivity contribution in [1.29, 1.82) is 0 Å². The van der Waals surface area contributed by atoms with E-state index in [4.69, 9.17) is 9.47 Å². The van der Waals surface area contributed by atoms with Gasteiger partial charge < -0.3 is 13.7 Å². The zero-order valence-electron chi connectivity index (χ0n) is 21.5. The summed E-state index contributed by atoms with van der Waals surface area (Å²) in [6.07, 6.45) is 2.82. The summed E-state index contributed by atoms with van der Waals surface area (Å²) < 4.78 is 93.7. The smallest absolute Gasteiger partial charge is 0.345 e. The molecule has 0 aliphatic carbocycles. The van der Waals surface area contributed by atoms with Crippen molar-refractivity contribution in [3.05, 3.63) is 77.8 Å². The molecule has 2 aliphatic heterocycles. The van der Waals surface area contributed by atoms with Crippen LogP contribution in [0.15, 0.2) is 59.9 Å². The zero-order valence-corrected chi connectivity index (χ0v) is 22.3. The molecule has 0 bridgehead atoms. The second-order valence-corrected chi connectivity index (χ2v) is 11.2. The van der Waals surface area contributed by atoms with Gasteiger partial charge in [0.05, 0.1) is 12.7 Å². The minimum absolute atomic E-state index is 0.0458. The summed E-state index contributed by atoms with van der Waals surface area (Å²) in [5.74, 6) is -1.15. The Morgan fingerprint density at radius 1 is 1.12 bits per heavy atom. The third-order valence-electron chi connectivity index (χ3n) is 7.18. The molecule has 5 rings (SSSR count). The van der Waals surface area contributed by atoms with Crippen LogP contribution in [-0.2, 0) is 14.8 Å². The van der Waals surface area contributed by atoms with E-state index in [9.17, 15) is 21.6 Å². The number of hydrogen-bond donors (Lipinski definition) is 0. The summed E-state index contributed by atoms with van der Waals surface area (Å²) in [5, 5.41) is 0. The monoisotopic (exact) mass is 577 g/mol. The number of piperidine rings is 1. The van der Waals surface area contributed by atoms with Crippen LogP contribution in [-0.4, -0.2) is 56.6 Å². The average Bonchev–Trinajstić information content (AvgIpc) is 2.93. The highest BCUT2D eigenvalue weighted by Crippen LogP contribution is 2.45. The number of aromatic nitrogens is 2. The van der Waals surface area contributed by atoms with Gasteiger partial charge in [-0.1, -0.05) is 19.0 Å². The fourth-order valence-electron chi connectivity index (χ4n) is 5.43. The van der Waals surface area contributed by atoms with Gasteiger partial charge in [0, 0.05) is 42.9 Å². The first-order valence-electron chi connectivity index (χ1n) is 12.7. The van der Waals surface area contributed by atoms with Crippen molar-refractivity contribution in [2.45, 2.75) is 55.8 Å². The Morgan fingerprint density at radius 3 is 2.58 bits per heavy atom. The van der Waals surface area contributed by atoms with Crippen molar-refractivity contribution in [1.82, 2.24) is 14.9 Å². The van der Waals surface area contributed by atoms with Crippen molar-refractivity contribution in [3.8, 4) is 5.75 Å². The standard InChI is InChI=1S/C26H26BF4N4O4S/c1-27-35(25-6-9-32-15-33-25)40(36,37)24-14-23-19(13-20(24)29)21(8-11-38-23)34-10-7-18(39-26(30)31)12-22(34)16-2-4-17(28)5-3-16/h2-6,9,13-15,18,21-22,26H,7-8,10-12H2,1H3/t18-,21+,22+/m1/s1. The van der Waals surface area contributed by atoms with Gasteiger partial charge >= 0.3 is 6.61 Å². The number of benzene rings is 2. The largest absolute Gasteiger partial charge is 0.493 e. The van der Waals surface area contributed by atoms with E-state index < -0.39 is 51.4 Å². The maximum absolute atomic E-state index is 15.6. The molecule has 14 heteroatoms. The average molecular weight is 577 g/mol. The summed E-state index contributed by atoms with van der Waals surface area (Å²) >= 11 is 0. The van der Waals surface area contributed by atoms with Gasteiger partial charge in [-0.3, -0.25) is 4.90 Å². The molecule has 8 nitrogen and oxygen atoms in total. The summed E-state index contributed by atoms with van der Waals surface area (Å²) in [6, 6.07) is 8.66. The van der Waals surface area contributed by atoms with Crippen LogP contribution in [0.4, 0.5) is 23.4 Å². The molecule has 3 heterocycles. The van der Waals surface area contributed by atoms with E-state index in [0.29, 0.717) is 30.5 Å². The molecule has 211 valence electrons. The van der Waals surface area contributed by atoms with Crippen molar-refractivity contribution in [2.75, 3.05) is 17.4 Å². The maximum Gasteiger partial charge on any atom is 0.345 e. The topological polar surface area (TPSA) is 84.9 Å². The second kappa shape index (κ2) is 11.7. The summed E-state index contributed by atoms with van der Waals surface area (Å²) in [6.45, 7) is -0.871. The zero-order chi connectivity index (χ0) is 28.4. The Kier molecular flexibility index (Phi) is 8.29. The Balaban J connectivity index is 1.50. The minimum atomic E-state index is -4.39. The molecule has 1 radical (unpaired) electrons. The van der Waals surface area contributed by atoms with Gasteiger partial charge in [0.15, 0.2) is 0 Å². The van der Waals surface area contributed by atoms with E-state index >= 15 is 4.39 Å². The fourth-order valence-corrected chi connectivity index (χ4v) is 6.84. The first kappa shape index (κ1) is 28.3. The lowest BCUT2D eigenvalue weighted by Gasteiger charge is -2.45. The van der Waals surface area contributed by atoms with Crippen LogP contribution in [0.25, 0.3) is 0 Å². The van der Waals surface area contributed by atoms with Crippen LogP contribution >= 0.6 is 0 Å². The lowest BCUT2D eigenvalue weighted by molar-refractivity contribution is -0.180. The molecule has 0 spiro atoms. The lowest BCUT2D eigenvalue weighted by Crippen LogP contribution is -2.43. The molecule has 40 heavy (non-hydrogen) atoms. The number of sulfonamides is 1. The number of hydrogen-bond acceptors (Lipinski definition) is 7. The van der Waals surface area contributed by atoms with Crippen molar-refractivity contribution in [3.63, 3.8) is 0 Å². The van der Waals surface area contributed by atoms with E-state index in [-0.39, 0.29) is 24.6 Å². The molecule has 0 saturated carbocycles. The molecule has 1 fully saturated rings. The number of nitrogens with zero attached hydrogens (tertiary/aromatic N) is 4. The second-order valence-electron chi connectivity index (χ2n) is 9.45. The molecule has 0 amide bonds. The van der Waals surface area contributed by atoms with Crippen LogP contribution in [0.1, 0.15) is 42.5 Å². The molecule has 1 aromatic heterocycles. The molecular weight excluding hydrogens is 551 g/mol. The van der Waals surface area contributed by atoms with Crippen LogP contribution in [0.5, 0.6) is 5.75 Å². The van der Waals surface area contributed by atoms with Gasteiger partial charge in [0.1, 0.15) is 34.4 Å². The van der Waals surface area contributed by atoms with Gasteiger partial charge in [-0.05, 0) is 42.7 Å². The normalized spacial score (nSPS) is 21.5. The van der Waals surface area contributed by atoms with E-state index in [0.717, 1.165) is 10.3 Å². The Labute approximate surface area is 230 Å². The summed E-state index contributed by atoms with van der Waals surface area (Å²) in [7, 11) is -3.13. The van der Waals surface area contributed by atoms with Gasteiger partial charge in [0.25, 0.3) is 17.4 Å². The number of alkyl halides is 2. The molecule has 2 aromatic carbocycles. The first-order chi connectivity index (χ1) is 19.2. The Hall–Kier alpha value is -3.23. The molecule has 2 aliphatic rings. The summed E-state index contributed by atoms with van der Waals surface area (Å²) in [4.78, 5) is 9.21. The molecule has 1 saturated heterocycles. The third-order valence-corrected chi connectivity index (χ3v) is 8.97. The Bertz CT molecular complexity index is 1440. The lowest BCUT2D eigenvalue weighted by atomic mass is 9.88. The molecule has 0 N–H and O–H groups in total. The van der Waals surface area contributed by atoms with E-state index in [1.54, 1.807) is 12.1 Å². The summed E-state index contributed by atoms with van der Waals surface area (Å²) in [5.41, 5.74) is 1.15. The number of rotatable bonds is 8. The number of likely N-dealkylation sites (tertiary alicyclic amines) is 1. The molecule has 0 unspecified atom stereocenters. The van der Waals surface area contributed by atoms with Crippen molar-refractivity contribution >= 4 is 23.3 Å².